The summed E-state index contributed by atoms with van der Waals surface area (Å²) in [4.78, 5) is 0. The van der Waals surface area contributed by atoms with E-state index in [1.165, 1.54) is 0 Å². The first-order valence-electron chi connectivity index (χ1n) is 3.20. The first-order chi connectivity index (χ1) is 4.52. The van der Waals surface area contributed by atoms with E-state index in [1.54, 1.807) is 0 Å². The molecule has 0 radical (unpaired) electrons. The molecule has 0 aliphatic carbocycles. The molecule has 0 fully saturated rings. The molecule has 56 valence electrons. The molecule has 0 aromatic rings. The molecular formula is C9H13Cl. The van der Waals surface area contributed by atoms with Crippen LogP contribution in [0.2, 0.25) is 0 Å². The highest BCUT2D eigenvalue weighted by molar-refractivity contribution is 6.29. The van der Waals surface area contributed by atoms with E-state index in [-0.39, 0.29) is 0 Å². The predicted molar refractivity (Wildman–Crippen MR) is 48.2 cm³/mol. The Morgan fingerprint density at radius 2 is 1.70 bits per heavy atom. The fourth-order valence-electron chi connectivity index (χ4n) is 0.744. The van der Waals surface area contributed by atoms with E-state index in [2.05, 4.69) is 6.58 Å². The molecule has 0 aliphatic heterocycles. The first-order valence-corrected chi connectivity index (χ1v) is 3.58. The van der Waals surface area contributed by atoms with Gasteiger partial charge in [-0.3, -0.25) is 0 Å². The Labute approximate surface area is 67.9 Å². The molecule has 0 unspecified atom stereocenters. The van der Waals surface area contributed by atoms with Crippen LogP contribution in [0.5, 0.6) is 0 Å². The second-order valence-electron chi connectivity index (χ2n) is 2.47. The lowest BCUT2D eigenvalue weighted by atomic mass is 10.2. The summed E-state index contributed by atoms with van der Waals surface area (Å²) in [5.41, 5.74) is 2.19. The quantitative estimate of drug-likeness (QED) is 0.536. The van der Waals surface area contributed by atoms with Gasteiger partial charge in [0.2, 0.25) is 0 Å². The summed E-state index contributed by atoms with van der Waals surface area (Å²) in [5.74, 6) is 0. The number of hydrogen-bond donors (Lipinski definition) is 0. The molecule has 0 amide bonds. The van der Waals surface area contributed by atoms with E-state index in [0.29, 0.717) is 0 Å². The monoisotopic (exact) mass is 156 g/mol. The molecule has 0 aliphatic rings. The second-order valence-corrected chi connectivity index (χ2v) is 3.06. The Morgan fingerprint density at radius 3 is 2.00 bits per heavy atom. The molecule has 0 heterocycles. The van der Waals surface area contributed by atoms with E-state index in [9.17, 15) is 0 Å². The van der Waals surface area contributed by atoms with E-state index >= 15 is 0 Å². The average molecular weight is 157 g/mol. The van der Waals surface area contributed by atoms with E-state index in [0.717, 1.165) is 16.2 Å². The van der Waals surface area contributed by atoms with Gasteiger partial charge in [0, 0.05) is 5.03 Å². The molecule has 0 bridgehead atoms. The highest BCUT2D eigenvalue weighted by Gasteiger charge is 1.83. The van der Waals surface area contributed by atoms with Crippen molar-refractivity contribution in [3.05, 3.63) is 34.9 Å². The van der Waals surface area contributed by atoms with Gasteiger partial charge in [0.15, 0.2) is 0 Å². The van der Waals surface area contributed by atoms with Gasteiger partial charge in [0.05, 0.1) is 0 Å². The summed E-state index contributed by atoms with van der Waals surface area (Å²) in [5, 5.41) is 0.801. The average Bonchev–Trinajstić information content (AvgIpc) is 1.58. The molecule has 0 atom stereocenters. The zero-order valence-electron chi connectivity index (χ0n) is 6.74. The lowest BCUT2D eigenvalue weighted by molar-refractivity contribution is 1.43. The Bertz CT molecular complexity index is 181. The minimum Gasteiger partial charge on any atom is -0.0961 e. The van der Waals surface area contributed by atoms with Crippen molar-refractivity contribution in [1.82, 2.24) is 0 Å². The maximum Gasteiger partial charge on any atom is 0.0152 e. The standard InChI is InChI=1S/C9H13Cl/c1-7(2)5-8(3)6-9(4)10/h5-6H,1H2,2-4H3/b8-5-,9-6+. The van der Waals surface area contributed by atoms with Crippen molar-refractivity contribution in [2.75, 3.05) is 0 Å². The fourth-order valence-corrected chi connectivity index (χ4v) is 0.916. The zero-order chi connectivity index (χ0) is 8.15. The molecule has 0 spiro atoms. The molecule has 0 aromatic carbocycles. The summed E-state index contributed by atoms with van der Waals surface area (Å²) in [6, 6.07) is 0. The molecule has 1 heteroatoms. The molecule has 0 N–H and O–H groups in total. The summed E-state index contributed by atoms with van der Waals surface area (Å²) < 4.78 is 0. The molecule has 0 rings (SSSR count). The first kappa shape index (κ1) is 9.51. The topological polar surface area (TPSA) is 0 Å². The summed E-state index contributed by atoms with van der Waals surface area (Å²) in [7, 11) is 0. The maximum atomic E-state index is 5.65. The van der Waals surface area contributed by atoms with Gasteiger partial charge in [-0.05, 0) is 32.4 Å². The van der Waals surface area contributed by atoms with Crippen molar-refractivity contribution >= 4 is 11.6 Å². The van der Waals surface area contributed by atoms with Gasteiger partial charge in [-0.15, -0.1) is 0 Å². The van der Waals surface area contributed by atoms with Crippen molar-refractivity contribution in [3.8, 4) is 0 Å². The highest BCUT2D eigenvalue weighted by atomic mass is 35.5. The maximum absolute atomic E-state index is 5.65. The third-order valence-corrected chi connectivity index (χ3v) is 1.01. The summed E-state index contributed by atoms with van der Waals surface area (Å²) >= 11 is 5.65. The molecule has 0 aromatic heterocycles. The molecular weight excluding hydrogens is 144 g/mol. The molecule has 10 heavy (non-hydrogen) atoms. The highest BCUT2D eigenvalue weighted by Crippen LogP contribution is 2.06. The van der Waals surface area contributed by atoms with E-state index < -0.39 is 0 Å². The largest absolute Gasteiger partial charge is 0.0961 e. The summed E-state index contributed by atoms with van der Waals surface area (Å²) in [6.45, 7) is 9.57. The number of halogens is 1. The lowest BCUT2D eigenvalue weighted by Gasteiger charge is -1.91. The van der Waals surface area contributed by atoms with Crippen molar-refractivity contribution in [2.24, 2.45) is 0 Å². The van der Waals surface area contributed by atoms with E-state index in [4.69, 9.17) is 11.6 Å². The van der Waals surface area contributed by atoms with Crippen LogP contribution in [0.4, 0.5) is 0 Å². The number of allylic oxidation sites excluding steroid dienone is 5. The van der Waals surface area contributed by atoms with Crippen LogP contribution in [-0.4, -0.2) is 0 Å². The SMILES string of the molecule is C=C(C)/C=C(C)\C=C(/C)Cl. The second kappa shape index (κ2) is 4.35. The predicted octanol–water partition coefficient (Wildman–Crippen LogP) is 3.65. The van der Waals surface area contributed by atoms with Gasteiger partial charge in [-0.2, -0.15) is 0 Å². The van der Waals surface area contributed by atoms with Crippen LogP contribution < -0.4 is 0 Å². The Kier molecular flexibility index (Phi) is 4.13. The minimum atomic E-state index is 0.801. The van der Waals surface area contributed by atoms with Crippen molar-refractivity contribution in [3.63, 3.8) is 0 Å². The van der Waals surface area contributed by atoms with Gasteiger partial charge in [0.1, 0.15) is 0 Å². The van der Waals surface area contributed by atoms with Crippen LogP contribution in [0.25, 0.3) is 0 Å². The van der Waals surface area contributed by atoms with Crippen LogP contribution in [0.15, 0.2) is 34.9 Å². The summed E-state index contributed by atoms with van der Waals surface area (Å²) in [6.07, 6.45) is 3.90. The van der Waals surface area contributed by atoms with Gasteiger partial charge in [-0.25, -0.2) is 0 Å². The van der Waals surface area contributed by atoms with Crippen LogP contribution in [-0.2, 0) is 0 Å². The zero-order valence-corrected chi connectivity index (χ0v) is 7.50. The van der Waals surface area contributed by atoms with Crippen molar-refractivity contribution < 1.29 is 0 Å². The molecule has 0 saturated carbocycles. The Balaban J connectivity index is 4.22. The van der Waals surface area contributed by atoms with Crippen LogP contribution in [0.1, 0.15) is 20.8 Å². The van der Waals surface area contributed by atoms with Crippen molar-refractivity contribution in [2.45, 2.75) is 20.8 Å². The Hall–Kier alpha value is -0.490. The van der Waals surface area contributed by atoms with Crippen LogP contribution in [0.3, 0.4) is 0 Å². The number of rotatable bonds is 2. The Morgan fingerprint density at radius 1 is 1.20 bits per heavy atom. The fraction of sp³-hybridized carbons (Fsp3) is 0.333. The lowest BCUT2D eigenvalue weighted by Crippen LogP contribution is -1.70. The molecule has 0 nitrogen and oxygen atoms in total. The van der Waals surface area contributed by atoms with Gasteiger partial charge in [-0.1, -0.05) is 29.8 Å². The van der Waals surface area contributed by atoms with Crippen LogP contribution >= 0.6 is 11.6 Å². The third kappa shape index (κ3) is 5.64. The van der Waals surface area contributed by atoms with Gasteiger partial charge >= 0.3 is 0 Å². The van der Waals surface area contributed by atoms with Crippen molar-refractivity contribution in [1.29, 1.82) is 0 Å². The van der Waals surface area contributed by atoms with Gasteiger partial charge < -0.3 is 0 Å². The normalized spacial score (nSPS) is 13.6. The smallest absolute Gasteiger partial charge is 0.0152 e. The third-order valence-electron chi connectivity index (χ3n) is 0.901. The van der Waals surface area contributed by atoms with E-state index in [1.807, 2.05) is 32.9 Å². The number of hydrogen-bond acceptors (Lipinski definition) is 0. The molecule has 0 saturated heterocycles. The van der Waals surface area contributed by atoms with Gasteiger partial charge in [0.25, 0.3) is 0 Å². The van der Waals surface area contributed by atoms with Crippen LogP contribution in [0, 0.1) is 0 Å². The minimum absolute atomic E-state index is 0.801.